The number of hydrogen-bond acceptors (Lipinski definition) is 1. The molecule has 3 rings (SSSR count). The number of hydrogen-bond donors (Lipinski definition) is 0. The fourth-order valence-electron chi connectivity index (χ4n) is 2.53. The van der Waals surface area contributed by atoms with Gasteiger partial charge in [-0.2, -0.15) is 0 Å². The van der Waals surface area contributed by atoms with Crippen molar-refractivity contribution < 1.29 is 0 Å². The van der Waals surface area contributed by atoms with Gasteiger partial charge in [-0.3, -0.25) is 4.40 Å². The molecule has 0 aliphatic carbocycles. The number of rotatable bonds is 2. The van der Waals surface area contributed by atoms with Crippen LogP contribution in [-0.4, -0.2) is 9.38 Å². The van der Waals surface area contributed by atoms with Crippen LogP contribution in [0.1, 0.15) is 23.7 Å². The summed E-state index contributed by atoms with van der Waals surface area (Å²) in [5.74, 6) is 0. The molecule has 21 heavy (non-hydrogen) atoms. The van der Waals surface area contributed by atoms with Gasteiger partial charge in [0.05, 0.1) is 21.8 Å². The van der Waals surface area contributed by atoms with Gasteiger partial charge in [0.1, 0.15) is 5.65 Å². The van der Waals surface area contributed by atoms with E-state index in [2.05, 4.69) is 4.40 Å². The van der Waals surface area contributed by atoms with Gasteiger partial charge in [-0.05, 0) is 44.2 Å². The van der Waals surface area contributed by atoms with E-state index in [4.69, 9.17) is 39.8 Å². The second kappa shape index (κ2) is 5.53. The highest BCUT2D eigenvalue weighted by Crippen LogP contribution is 2.37. The van der Waals surface area contributed by atoms with E-state index in [1.54, 1.807) is 6.07 Å². The van der Waals surface area contributed by atoms with Gasteiger partial charge in [-0.25, -0.2) is 4.98 Å². The molecule has 0 fully saturated rings. The minimum atomic E-state index is -0.192. The molecule has 1 unspecified atom stereocenters. The zero-order chi connectivity index (χ0) is 15.1. The summed E-state index contributed by atoms with van der Waals surface area (Å²) in [5.41, 5.74) is 4.52. The Kier molecular flexibility index (Phi) is 3.87. The summed E-state index contributed by atoms with van der Waals surface area (Å²) in [7, 11) is 0. The van der Waals surface area contributed by atoms with E-state index in [0.29, 0.717) is 10.0 Å². The second-order valence-corrected chi connectivity index (χ2v) is 6.44. The smallest absolute Gasteiger partial charge is 0.137 e. The minimum Gasteiger partial charge on any atom is -0.299 e. The number of imidazole rings is 1. The van der Waals surface area contributed by atoms with E-state index < -0.39 is 0 Å². The van der Waals surface area contributed by atoms with Crippen LogP contribution in [0.15, 0.2) is 36.4 Å². The van der Waals surface area contributed by atoms with E-state index in [0.717, 1.165) is 28.3 Å². The number of pyridine rings is 1. The first-order valence-electron chi connectivity index (χ1n) is 6.56. The predicted octanol–water partition coefficient (Wildman–Crippen LogP) is 5.92. The Balaban J connectivity index is 2.37. The third-order valence-corrected chi connectivity index (χ3v) is 4.19. The fraction of sp³-hybridized carbons (Fsp3) is 0.188. The maximum absolute atomic E-state index is 6.40. The highest BCUT2D eigenvalue weighted by molar-refractivity contribution is 6.36. The lowest BCUT2D eigenvalue weighted by Gasteiger charge is -2.10. The molecule has 0 aliphatic heterocycles. The van der Waals surface area contributed by atoms with Gasteiger partial charge in [0.15, 0.2) is 0 Å². The van der Waals surface area contributed by atoms with Crippen LogP contribution in [0, 0.1) is 6.92 Å². The maximum Gasteiger partial charge on any atom is 0.137 e. The summed E-state index contributed by atoms with van der Waals surface area (Å²) in [5, 5.41) is 0.981. The van der Waals surface area contributed by atoms with Crippen molar-refractivity contribution >= 4 is 40.4 Å². The molecule has 2 heterocycles. The molecule has 0 bridgehead atoms. The average molecular weight is 340 g/mol. The monoisotopic (exact) mass is 338 g/mol. The first-order valence-corrected chi connectivity index (χ1v) is 7.75. The largest absolute Gasteiger partial charge is 0.299 e. The van der Waals surface area contributed by atoms with Gasteiger partial charge in [-0.1, -0.05) is 29.3 Å². The molecular formula is C16H13Cl3N2. The summed E-state index contributed by atoms with van der Waals surface area (Å²) < 4.78 is 2.07. The minimum absolute atomic E-state index is 0.192. The van der Waals surface area contributed by atoms with Crippen LogP contribution >= 0.6 is 34.8 Å². The molecule has 0 aliphatic rings. The van der Waals surface area contributed by atoms with Crippen molar-refractivity contribution in [2.24, 2.45) is 0 Å². The van der Waals surface area contributed by atoms with Crippen LogP contribution < -0.4 is 0 Å². The highest BCUT2D eigenvalue weighted by Gasteiger charge is 2.20. The van der Waals surface area contributed by atoms with Crippen molar-refractivity contribution in [1.29, 1.82) is 0 Å². The van der Waals surface area contributed by atoms with Crippen LogP contribution in [0.3, 0.4) is 0 Å². The lowest BCUT2D eigenvalue weighted by atomic mass is 10.1. The molecule has 0 radical (unpaired) electrons. The Hall–Kier alpha value is -1.22. The summed E-state index contributed by atoms with van der Waals surface area (Å²) in [6.07, 6.45) is 0. The molecule has 3 aromatic rings. The van der Waals surface area contributed by atoms with E-state index >= 15 is 0 Å². The Bertz CT molecular complexity index is 822. The molecule has 2 nitrogen and oxygen atoms in total. The number of halogens is 3. The fourth-order valence-corrected chi connectivity index (χ4v) is 3.23. The number of fused-ring (bicyclic) bond motifs is 1. The third kappa shape index (κ3) is 2.52. The molecule has 0 saturated carbocycles. The topological polar surface area (TPSA) is 17.3 Å². The Morgan fingerprint density at radius 1 is 1.14 bits per heavy atom. The van der Waals surface area contributed by atoms with Crippen molar-refractivity contribution in [3.05, 3.63) is 57.8 Å². The van der Waals surface area contributed by atoms with Crippen LogP contribution in [-0.2, 0) is 0 Å². The number of alkyl halides is 1. The summed E-state index contributed by atoms with van der Waals surface area (Å²) in [6, 6.07) is 11.4. The van der Waals surface area contributed by atoms with Crippen molar-refractivity contribution in [2.45, 2.75) is 19.2 Å². The van der Waals surface area contributed by atoms with Crippen LogP contribution in [0.25, 0.3) is 16.9 Å². The van der Waals surface area contributed by atoms with Crippen molar-refractivity contribution in [1.82, 2.24) is 9.38 Å². The maximum atomic E-state index is 6.40. The highest BCUT2D eigenvalue weighted by atomic mass is 35.5. The van der Waals surface area contributed by atoms with E-state index in [-0.39, 0.29) is 5.38 Å². The van der Waals surface area contributed by atoms with Crippen LogP contribution in [0.4, 0.5) is 0 Å². The van der Waals surface area contributed by atoms with Gasteiger partial charge < -0.3 is 0 Å². The third-order valence-electron chi connectivity index (χ3n) is 3.44. The summed E-state index contributed by atoms with van der Waals surface area (Å²) in [4.78, 5) is 4.71. The molecule has 0 spiro atoms. The SMILES string of the molecule is Cc1cccc2nc(-c3ccc(Cl)cc3Cl)c(C(C)Cl)n12. The van der Waals surface area contributed by atoms with Crippen LogP contribution in [0.2, 0.25) is 10.0 Å². The molecule has 108 valence electrons. The quantitative estimate of drug-likeness (QED) is 0.530. The number of benzene rings is 1. The average Bonchev–Trinajstić information content (AvgIpc) is 2.79. The number of nitrogens with zero attached hydrogens (tertiary/aromatic N) is 2. The predicted molar refractivity (Wildman–Crippen MR) is 89.7 cm³/mol. The van der Waals surface area contributed by atoms with Crippen molar-refractivity contribution in [3.63, 3.8) is 0 Å². The molecular weight excluding hydrogens is 327 g/mol. The Morgan fingerprint density at radius 3 is 2.57 bits per heavy atom. The molecule has 5 heteroatoms. The lowest BCUT2D eigenvalue weighted by Crippen LogP contribution is -1.98. The molecule has 1 aromatic carbocycles. The zero-order valence-electron chi connectivity index (χ0n) is 11.6. The molecule has 0 saturated heterocycles. The summed E-state index contributed by atoms with van der Waals surface area (Å²) in [6.45, 7) is 3.97. The first-order chi connectivity index (χ1) is 9.99. The van der Waals surface area contributed by atoms with Crippen molar-refractivity contribution in [2.75, 3.05) is 0 Å². The van der Waals surface area contributed by atoms with Gasteiger partial charge >= 0.3 is 0 Å². The zero-order valence-corrected chi connectivity index (χ0v) is 13.8. The Labute approximate surface area is 138 Å². The van der Waals surface area contributed by atoms with Crippen LogP contribution in [0.5, 0.6) is 0 Å². The molecule has 0 N–H and O–H groups in total. The lowest BCUT2D eigenvalue weighted by molar-refractivity contribution is 0.936. The van der Waals surface area contributed by atoms with Gasteiger partial charge in [0, 0.05) is 16.3 Å². The Morgan fingerprint density at radius 2 is 1.90 bits per heavy atom. The summed E-state index contributed by atoms with van der Waals surface area (Å²) >= 11 is 18.7. The number of aryl methyl sites for hydroxylation is 1. The normalized spacial score (nSPS) is 12.8. The standard InChI is InChI=1S/C16H13Cl3N2/c1-9-4-3-5-14-20-15(16(10(2)17)21(9)14)12-7-6-11(18)8-13(12)19/h3-8,10H,1-2H3. The van der Waals surface area contributed by atoms with Gasteiger partial charge in [0.2, 0.25) is 0 Å². The van der Waals surface area contributed by atoms with Crippen molar-refractivity contribution in [3.8, 4) is 11.3 Å². The molecule has 2 aromatic heterocycles. The van der Waals surface area contributed by atoms with E-state index in [1.807, 2.05) is 44.2 Å². The molecule has 1 atom stereocenters. The van der Waals surface area contributed by atoms with Gasteiger partial charge in [-0.15, -0.1) is 11.6 Å². The second-order valence-electron chi connectivity index (χ2n) is 4.95. The first kappa shape index (κ1) is 14.7. The molecule has 0 amide bonds. The number of aromatic nitrogens is 2. The van der Waals surface area contributed by atoms with E-state index in [9.17, 15) is 0 Å². The van der Waals surface area contributed by atoms with Gasteiger partial charge in [0.25, 0.3) is 0 Å². The van der Waals surface area contributed by atoms with E-state index in [1.165, 1.54) is 0 Å².